The van der Waals surface area contributed by atoms with Gasteiger partial charge in [-0.2, -0.15) is 0 Å². The van der Waals surface area contributed by atoms with Gasteiger partial charge in [-0.3, -0.25) is 4.79 Å². The molecule has 0 aromatic heterocycles. The molecule has 5 nitrogen and oxygen atoms in total. The second-order valence-electron chi connectivity index (χ2n) is 3.24. The summed E-state index contributed by atoms with van der Waals surface area (Å²) in [6, 6.07) is 1.75. The molecule has 0 saturated heterocycles. The molecule has 1 amide bonds. The highest BCUT2D eigenvalue weighted by Gasteiger charge is 2.12. The maximum atomic E-state index is 13.4. The Morgan fingerprint density at radius 2 is 1.89 bits per heavy atom. The second-order valence-corrected chi connectivity index (χ2v) is 3.24. The zero-order valence-electron chi connectivity index (χ0n) is 9.02. The second kappa shape index (κ2) is 5.76. The van der Waals surface area contributed by atoms with Crippen LogP contribution in [0, 0.1) is 11.6 Å². The Morgan fingerprint density at radius 1 is 1.33 bits per heavy atom. The van der Waals surface area contributed by atoms with Crippen molar-refractivity contribution in [3.8, 4) is 5.75 Å². The highest BCUT2D eigenvalue weighted by atomic mass is 19.1. The van der Waals surface area contributed by atoms with Crippen LogP contribution in [0.4, 0.5) is 8.78 Å². The van der Waals surface area contributed by atoms with Crippen LogP contribution in [-0.2, 0) is 9.59 Å². The number of hydrogen-bond acceptors (Lipinski definition) is 3. The third-order valence-corrected chi connectivity index (χ3v) is 1.80. The lowest BCUT2D eigenvalue weighted by atomic mass is 10.2. The predicted molar refractivity (Wildman–Crippen MR) is 57.7 cm³/mol. The van der Waals surface area contributed by atoms with Crippen LogP contribution in [0.1, 0.15) is 5.56 Å². The normalized spacial score (nSPS) is 10.6. The summed E-state index contributed by atoms with van der Waals surface area (Å²) in [6.45, 7) is -0.655. The summed E-state index contributed by atoms with van der Waals surface area (Å²) in [6.07, 6.45) is 1.75. The third kappa shape index (κ3) is 3.85. The monoisotopic (exact) mass is 257 g/mol. The fraction of sp³-hybridized carbons (Fsp3) is 0.0909. The van der Waals surface area contributed by atoms with Crippen molar-refractivity contribution in [2.24, 2.45) is 5.73 Å². The molecule has 0 bridgehead atoms. The van der Waals surface area contributed by atoms with Crippen molar-refractivity contribution in [2.45, 2.75) is 0 Å². The van der Waals surface area contributed by atoms with Gasteiger partial charge in [0.1, 0.15) is 0 Å². The molecular formula is C11H9F2NO4. The molecule has 0 radical (unpaired) electrons. The van der Waals surface area contributed by atoms with Crippen LogP contribution >= 0.6 is 0 Å². The van der Waals surface area contributed by atoms with Gasteiger partial charge >= 0.3 is 5.97 Å². The molecule has 0 heterocycles. The van der Waals surface area contributed by atoms with Crippen LogP contribution in [0.2, 0.25) is 0 Å². The minimum atomic E-state index is -1.25. The van der Waals surface area contributed by atoms with E-state index in [1.54, 1.807) is 0 Å². The molecule has 0 fully saturated rings. The first-order valence-electron chi connectivity index (χ1n) is 4.71. The van der Waals surface area contributed by atoms with Crippen LogP contribution in [0.5, 0.6) is 5.75 Å². The van der Waals surface area contributed by atoms with E-state index < -0.39 is 35.9 Å². The summed E-state index contributed by atoms with van der Waals surface area (Å²) in [7, 11) is 0. The molecule has 0 spiro atoms. The summed E-state index contributed by atoms with van der Waals surface area (Å²) in [5.74, 6) is -4.96. The number of carboxylic acids is 1. The van der Waals surface area contributed by atoms with Gasteiger partial charge in [0.25, 0.3) is 5.91 Å². The van der Waals surface area contributed by atoms with Gasteiger partial charge in [0.2, 0.25) is 0 Å². The molecule has 0 aliphatic carbocycles. The number of halogens is 2. The van der Waals surface area contributed by atoms with Gasteiger partial charge in [-0.05, 0) is 23.8 Å². The van der Waals surface area contributed by atoms with Gasteiger partial charge in [0.05, 0.1) is 0 Å². The lowest BCUT2D eigenvalue weighted by molar-refractivity contribution is -0.131. The van der Waals surface area contributed by atoms with Gasteiger partial charge in [-0.1, -0.05) is 0 Å². The number of aliphatic carboxylic acids is 1. The molecule has 0 aliphatic rings. The zero-order chi connectivity index (χ0) is 13.7. The quantitative estimate of drug-likeness (QED) is 0.768. The molecule has 0 atom stereocenters. The van der Waals surface area contributed by atoms with Crippen LogP contribution in [0.3, 0.4) is 0 Å². The van der Waals surface area contributed by atoms with E-state index in [0.717, 1.165) is 24.3 Å². The molecule has 18 heavy (non-hydrogen) atoms. The van der Waals surface area contributed by atoms with E-state index in [2.05, 4.69) is 4.74 Å². The summed E-state index contributed by atoms with van der Waals surface area (Å²) in [4.78, 5) is 20.7. The van der Waals surface area contributed by atoms with Gasteiger partial charge in [-0.25, -0.2) is 13.6 Å². The molecule has 0 saturated carbocycles. The fourth-order valence-corrected chi connectivity index (χ4v) is 1.12. The highest BCUT2D eigenvalue weighted by Crippen LogP contribution is 2.23. The number of benzene rings is 1. The van der Waals surface area contributed by atoms with Crippen LogP contribution in [0.15, 0.2) is 18.2 Å². The van der Waals surface area contributed by atoms with Crippen molar-refractivity contribution in [1.29, 1.82) is 0 Å². The predicted octanol–water partition coefficient (Wildman–Crippen LogP) is 0.927. The maximum Gasteiger partial charge on any atom is 0.328 e. The number of nitrogens with two attached hydrogens (primary N) is 1. The first kappa shape index (κ1) is 13.6. The summed E-state index contributed by atoms with van der Waals surface area (Å²) in [5.41, 5.74) is 4.78. The molecule has 1 aromatic carbocycles. The number of carbonyl (C=O) groups excluding carboxylic acids is 1. The molecule has 0 aliphatic heterocycles. The molecule has 0 unspecified atom stereocenters. The number of carboxylic acid groups (broad SMARTS) is 1. The fourth-order valence-electron chi connectivity index (χ4n) is 1.12. The van der Waals surface area contributed by atoms with Crippen molar-refractivity contribution in [3.05, 3.63) is 35.4 Å². The maximum absolute atomic E-state index is 13.4. The van der Waals surface area contributed by atoms with Crippen molar-refractivity contribution >= 4 is 18.0 Å². The molecule has 7 heteroatoms. The van der Waals surface area contributed by atoms with Crippen molar-refractivity contribution in [2.75, 3.05) is 6.61 Å². The first-order chi connectivity index (χ1) is 8.40. The van der Waals surface area contributed by atoms with Gasteiger partial charge < -0.3 is 15.6 Å². The number of primary amides is 1. The standard InChI is InChI=1S/C11H9F2NO4/c12-7-3-6(1-2-10(16)17)4-8(13)11(7)18-5-9(14)15/h1-4H,5H2,(H2,14,15)(H,16,17). The van der Waals surface area contributed by atoms with Crippen LogP contribution in [-0.4, -0.2) is 23.6 Å². The lowest BCUT2D eigenvalue weighted by Crippen LogP contribution is -2.20. The first-order valence-corrected chi connectivity index (χ1v) is 4.71. The summed E-state index contributed by atoms with van der Waals surface area (Å²) < 4.78 is 31.3. The molecule has 1 aromatic rings. The Hall–Kier alpha value is -2.44. The average molecular weight is 257 g/mol. The largest absolute Gasteiger partial charge is 0.478 e. The molecule has 96 valence electrons. The number of amides is 1. The van der Waals surface area contributed by atoms with Gasteiger partial charge in [0, 0.05) is 6.08 Å². The minimum Gasteiger partial charge on any atom is -0.478 e. The number of hydrogen-bond donors (Lipinski definition) is 2. The van der Waals surface area contributed by atoms with E-state index >= 15 is 0 Å². The van der Waals surface area contributed by atoms with Crippen molar-refractivity contribution in [3.63, 3.8) is 0 Å². The van der Waals surface area contributed by atoms with Gasteiger partial charge in [0.15, 0.2) is 24.0 Å². The average Bonchev–Trinajstić information content (AvgIpc) is 2.24. The lowest BCUT2D eigenvalue weighted by Gasteiger charge is -2.07. The van der Waals surface area contributed by atoms with E-state index in [-0.39, 0.29) is 5.56 Å². The third-order valence-electron chi connectivity index (χ3n) is 1.80. The smallest absolute Gasteiger partial charge is 0.328 e. The highest BCUT2D eigenvalue weighted by molar-refractivity contribution is 5.85. The molecular weight excluding hydrogens is 248 g/mol. The van der Waals surface area contributed by atoms with Crippen LogP contribution in [0.25, 0.3) is 6.08 Å². The van der Waals surface area contributed by atoms with Crippen LogP contribution < -0.4 is 10.5 Å². The topological polar surface area (TPSA) is 89.6 Å². The van der Waals surface area contributed by atoms with E-state index in [0.29, 0.717) is 0 Å². The van der Waals surface area contributed by atoms with Gasteiger partial charge in [-0.15, -0.1) is 0 Å². The Bertz CT molecular complexity index is 491. The number of ether oxygens (including phenoxy) is 1. The SMILES string of the molecule is NC(=O)COc1c(F)cc(C=CC(=O)O)cc1F. The molecule has 3 N–H and O–H groups in total. The van der Waals surface area contributed by atoms with Crippen molar-refractivity contribution < 1.29 is 28.2 Å². The Balaban J connectivity index is 2.97. The zero-order valence-corrected chi connectivity index (χ0v) is 9.02. The van der Waals surface area contributed by atoms with E-state index in [4.69, 9.17) is 10.8 Å². The Morgan fingerprint density at radius 3 is 2.33 bits per heavy atom. The summed E-state index contributed by atoms with van der Waals surface area (Å²) in [5, 5.41) is 8.36. The van der Waals surface area contributed by atoms with E-state index in [1.807, 2.05) is 0 Å². The Labute approximate surface area is 100 Å². The van der Waals surface area contributed by atoms with E-state index in [9.17, 15) is 18.4 Å². The molecule has 1 rings (SSSR count). The minimum absolute atomic E-state index is 0.0128. The Kier molecular flexibility index (Phi) is 4.36. The summed E-state index contributed by atoms with van der Waals surface area (Å²) >= 11 is 0. The number of rotatable bonds is 5. The van der Waals surface area contributed by atoms with E-state index in [1.165, 1.54) is 0 Å². The van der Waals surface area contributed by atoms with Crippen molar-refractivity contribution in [1.82, 2.24) is 0 Å². The number of carbonyl (C=O) groups is 2.